The summed E-state index contributed by atoms with van der Waals surface area (Å²) in [5, 5.41) is 3.00. The van der Waals surface area contributed by atoms with E-state index in [1.807, 2.05) is 18.2 Å². The van der Waals surface area contributed by atoms with Crippen molar-refractivity contribution in [2.45, 2.75) is 38.9 Å². The molecule has 6 heteroatoms. The van der Waals surface area contributed by atoms with E-state index >= 15 is 0 Å². The zero-order chi connectivity index (χ0) is 17.7. The van der Waals surface area contributed by atoms with E-state index in [9.17, 15) is 9.59 Å². The Morgan fingerprint density at radius 1 is 1.12 bits per heavy atom. The highest BCUT2D eigenvalue weighted by atomic mass is 16.7. The molecule has 2 aliphatic heterocycles. The van der Waals surface area contributed by atoms with Crippen LogP contribution in [0.3, 0.4) is 0 Å². The summed E-state index contributed by atoms with van der Waals surface area (Å²) in [5.74, 6) is -2.61. The average Bonchev–Trinajstić information content (AvgIpc) is 2.66. The Kier molecular flexibility index (Phi) is 3.59. The maximum atomic E-state index is 11.9. The van der Waals surface area contributed by atoms with Gasteiger partial charge in [0.15, 0.2) is 5.57 Å². The molecule has 24 heavy (non-hydrogen) atoms. The van der Waals surface area contributed by atoms with Crippen LogP contribution >= 0.6 is 0 Å². The van der Waals surface area contributed by atoms with E-state index in [0.29, 0.717) is 0 Å². The first-order valence-corrected chi connectivity index (χ1v) is 7.88. The van der Waals surface area contributed by atoms with Crippen molar-refractivity contribution in [3.05, 3.63) is 35.5 Å². The van der Waals surface area contributed by atoms with Crippen LogP contribution in [-0.2, 0) is 24.5 Å². The van der Waals surface area contributed by atoms with Gasteiger partial charge < -0.3 is 19.7 Å². The maximum absolute atomic E-state index is 11.9. The lowest BCUT2D eigenvalue weighted by Crippen LogP contribution is -2.42. The van der Waals surface area contributed by atoms with Crippen LogP contribution in [0.1, 0.15) is 33.3 Å². The Bertz CT molecular complexity index is 727. The van der Waals surface area contributed by atoms with Crippen molar-refractivity contribution in [2.75, 3.05) is 23.8 Å². The molecule has 0 aliphatic carbocycles. The number of hydrogen-bond donors (Lipinski definition) is 1. The number of benzene rings is 1. The summed E-state index contributed by atoms with van der Waals surface area (Å²) < 4.78 is 10.1. The molecule has 6 nitrogen and oxygen atoms in total. The van der Waals surface area contributed by atoms with Crippen LogP contribution in [0.25, 0.3) is 0 Å². The summed E-state index contributed by atoms with van der Waals surface area (Å²) in [5.41, 5.74) is 3.11. The highest BCUT2D eigenvalue weighted by Crippen LogP contribution is 2.40. The van der Waals surface area contributed by atoms with Gasteiger partial charge in [0, 0.05) is 50.4 Å². The van der Waals surface area contributed by atoms with Crippen LogP contribution in [0.5, 0.6) is 0 Å². The SMILES string of the molecule is CN1CC(C)(C)c2cc(NC=C3C(=O)OC(C)(C)OC3=O)ccc21. The molecule has 1 aromatic rings. The number of nitrogens with one attached hydrogen (secondary N) is 1. The van der Waals surface area contributed by atoms with Gasteiger partial charge in [-0.2, -0.15) is 0 Å². The maximum Gasteiger partial charge on any atom is 0.350 e. The first-order chi connectivity index (χ1) is 11.1. The van der Waals surface area contributed by atoms with Crippen LogP contribution in [0.15, 0.2) is 30.0 Å². The highest BCUT2D eigenvalue weighted by molar-refractivity contribution is 6.15. The molecular weight excluding hydrogens is 308 g/mol. The highest BCUT2D eigenvalue weighted by Gasteiger charge is 2.39. The fraction of sp³-hybridized carbons (Fsp3) is 0.444. The van der Waals surface area contributed by atoms with E-state index < -0.39 is 17.7 Å². The second-order valence-corrected chi connectivity index (χ2v) is 7.35. The number of rotatable bonds is 2. The van der Waals surface area contributed by atoms with Gasteiger partial charge in [-0.15, -0.1) is 0 Å². The molecule has 1 N–H and O–H groups in total. The van der Waals surface area contributed by atoms with Crippen LogP contribution in [0, 0.1) is 0 Å². The van der Waals surface area contributed by atoms with Crippen molar-refractivity contribution < 1.29 is 19.1 Å². The third-order valence-electron chi connectivity index (χ3n) is 4.27. The largest absolute Gasteiger partial charge is 0.419 e. The normalized spacial score (nSPS) is 21.0. The molecule has 2 aliphatic rings. The number of nitrogens with zero attached hydrogens (tertiary/aromatic N) is 1. The van der Waals surface area contributed by atoms with E-state index in [1.165, 1.54) is 31.3 Å². The van der Waals surface area contributed by atoms with Crippen LogP contribution in [0.4, 0.5) is 11.4 Å². The lowest BCUT2D eigenvalue weighted by atomic mass is 9.87. The fourth-order valence-electron chi connectivity index (χ4n) is 3.20. The van der Waals surface area contributed by atoms with Crippen molar-refractivity contribution in [1.29, 1.82) is 0 Å². The predicted octanol–water partition coefficient (Wildman–Crippen LogP) is 2.55. The number of ether oxygens (including phenoxy) is 2. The van der Waals surface area contributed by atoms with Gasteiger partial charge in [-0.05, 0) is 23.8 Å². The average molecular weight is 330 g/mol. The van der Waals surface area contributed by atoms with Gasteiger partial charge in [0.1, 0.15) is 0 Å². The topological polar surface area (TPSA) is 67.9 Å². The number of likely N-dealkylation sites (N-methyl/N-ethyl adjacent to an activating group) is 1. The summed E-state index contributed by atoms with van der Waals surface area (Å²) in [6.07, 6.45) is 1.34. The van der Waals surface area contributed by atoms with Gasteiger partial charge >= 0.3 is 11.9 Å². The monoisotopic (exact) mass is 330 g/mol. The van der Waals surface area contributed by atoms with Gasteiger partial charge in [0.2, 0.25) is 0 Å². The Balaban J connectivity index is 1.83. The van der Waals surface area contributed by atoms with Crippen LogP contribution in [-0.4, -0.2) is 31.3 Å². The van der Waals surface area contributed by atoms with Gasteiger partial charge in [-0.1, -0.05) is 13.8 Å². The van der Waals surface area contributed by atoms with E-state index in [1.54, 1.807) is 0 Å². The summed E-state index contributed by atoms with van der Waals surface area (Å²) in [7, 11) is 2.07. The van der Waals surface area contributed by atoms with Crippen molar-refractivity contribution in [2.24, 2.45) is 0 Å². The molecule has 1 saturated heterocycles. The van der Waals surface area contributed by atoms with Gasteiger partial charge in [0.25, 0.3) is 5.79 Å². The molecule has 0 bridgehead atoms. The van der Waals surface area contributed by atoms with Gasteiger partial charge in [-0.25, -0.2) is 9.59 Å². The zero-order valence-corrected chi connectivity index (χ0v) is 14.6. The molecule has 0 atom stereocenters. The molecular formula is C18H22N2O4. The number of anilines is 2. The van der Waals surface area contributed by atoms with E-state index in [-0.39, 0.29) is 11.0 Å². The number of cyclic esters (lactones) is 2. The number of carbonyl (C=O) groups is 2. The van der Waals surface area contributed by atoms with Crippen molar-refractivity contribution in [3.8, 4) is 0 Å². The molecule has 128 valence electrons. The molecule has 1 aromatic carbocycles. The molecule has 0 unspecified atom stereocenters. The first kappa shape index (κ1) is 16.4. The number of carbonyl (C=O) groups excluding carboxylic acids is 2. The summed E-state index contributed by atoms with van der Waals surface area (Å²) in [6.45, 7) is 8.36. The smallest absolute Gasteiger partial charge is 0.350 e. The quantitative estimate of drug-likeness (QED) is 0.511. The van der Waals surface area contributed by atoms with E-state index in [4.69, 9.17) is 9.47 Å². The van der Waals surface area contributed by atoms with Crippen molar-refractivity contribution >= 4 is 23.3 Å². The van der Waals surface area contributed by atoms with Crippen LogP contribution < -0.4 is 10.2 Å². The third-order valence-corrected chi connectivity index (χ3v) is 4.27. The Hall–Kier alpha value is -2.50. The minimum atomic E-state index is -1.23. The second kappa shape index (κ2) is 5.26. The lowest BCUT2D eigenvalue weighted by molar-refractivity contribution is -0.222. The predicted molar refractivity (Wildman–Crippen MR) is 90.7 cm³/mol. The zero-order valence-electron chi connectivity index (χ0n) is 14.6. The standard InChI is InChI=1S/C18H22N2O4/c1-17(2)10-20(5)14-7-6-11(8-13(14)17)19-9-12-15(21)23-18(3,4)24-16(12)22/h6-9,19H,10H2,1-5H3. The Labute approximate surface area is 141 Å². The molecule has 0 saturated carbocycles. The number of fused-ring (bicyclic) bond motifs is 1. The van der Waals surface area contributed by atoms with E-state index in [2.05, 4.69) is 31.1 Å². The summed E-state index contributed by atoms with van der Waals surface area (Å²) in [6, 6.07) is 5.99. The minimum absolute atomic E-state index is 0.0433. The van der Waals surface area contributed by atoms with Crippen LogP contribution in [0.2, 0.25) is 0 Å². The minimum Gasteiger partial charge on any atom is -0.419 e. The molecule has 0 aromatic heterocycles. The molecule has 1 fully saturated rings. The first-order valence-electron chi connectivity index (χ1n) is 7.88. The lowest BCUT2D eigenvalue weighted by Gasteiger charge is -2.29. The van der Waals surface area contributed by atoms with Gasteiger partial charge in [0.05, 0.1) is 0 Å². The summed E-state index contributed by atoms with van der Waals surface area (Å²) in [4.78, 5) is 26.1. The van der Waals surface area contributed by atoms with Crippen molar-refractivity contribution in [1.82, 2.24) is 0 Å². The molecule has 2 heterocycles. The second-order valence-electron chi connectivity index (χ2n) is 7.35. The van der Waals surface area contributed by atoms with Gasteiger partial charge in [-0.3, -0.25) is 0 Å². The fourth-order valence-corrected chi connectivity index (χ4v) is 3.20. The molecule has 0 amide bonds. The number of hydrogen-bond acceptors (Lipinski definition) is 6. The Morgan fingerprint density at radius 3 is 2.38 bits per heavy atom. The summed E-state index contributed by atoms with van der Waals surface area (Å²) >= 11 is 0. The molecule has 0 radical (unpaired) electrons. The van der Waals surface area contributed by atoms with E-state index in [0.717, 1.165) is 12.2 Å². The molecule has 3 rings (SSSR count). The molecule has 0 spiro atoms. The number of esters is 2. The third kappa shape index (κ3) is 2.84. The van der Waals surface area contributed by atoms with Crippen molar-refractivity contribution in [3.63, 3.8) is 0 Å². The Morgan fingerprint density at radius 2 is 1.75 bits per heavy atom.